The van der Waals surface area contributed by atoms with Crippen LogP contribution < -0.4 is 4.90 Å². The lowest BCUT2D eigenvalue weighted by atomic mass is 9.95. The van der Waals surface area contributed by atoms with Gasteiger partial charge in [-0.3, -0.25) is 14.5 Å². The van der Waals surface area contributed by atoms with Crippen LogP contribution >= 0.6 is 11.6 Å². The second-order valence-corrected chi connectivity index (χ2v) is 7.04. The minimum Gasteiger partial charge on any atom is -0.508 e. The van der Waals surface area contributed by atoms with Gasteiger partial charge in [0.05, 0.1) is 11.6 Å². The van der Waals surface area contributed by atoms with Crippen LogP contribution in [0.5, 0.6) is 5.75 Å². The minimum atomic E-state index is -0.866. The lowest BCUT2D eigenvalue weighted by Gasteiger charge is -2.25. The van der Waals surface area contributed by atoms with E-state index in [2.05, 4.69) is 0 Å². The highest BCUT2D eigenvalue weighted by molar-refractivity contribution is 6.51. The zero-order chi connectivity index (χ0) is 20.5. The summed E-state index contributed by atoms with van der Waals surface area (Å²) in [5.74, 6) is -1.75. The highest BCUT2D eigenvalue weighted by Crippen LogP contribution is 2.42. The number of hydrogen-bond acceptors (Lipinski definition) is 4. The van der Waals surface area contributed by atoms with Crippen LogP contribution in [-0.4, -0.2) is 21.9 Å². The van der Waals surface area contributed by atoms with Gasteiger partial charge in [-0.1, -0.05) is 60.1 Å². The van der Waals surface area contributed by atoms with Gasteiger partial charge in [-0.2, -0.15) is 0 Å². The van der Waals surface area contributed by atoms with Crippen molar-refractivity contribution in [2.75, 3.05) is 4.90 Å². The number of ketones is 1. The van der Waals surface area contributed by atoms with E-state index in [-0.39, 0.29) is 17.1 Å². The van der Waals surface area contributed by atoms with Crippen LogP contribution in [-0.2, 0) is 9.59 Å². The van der Waals surface area contributed by atoms with Crippen molar-refractivity contribution in [3.8, 4) is 5.75 Å². The molecule has 29 heavy (non-hydrogen) atoms. The molecule has 144 valence electrons. The number of Topliss-reactive ketones (excluding diaryl/α,β-unsaturated/α-hetero) is 1. The molecule has 1 fully saturated rings. The van der Waals surface area contributed by atoms with Crippen LogP contribution in [0.4, 0.5) is 5.69 Å². The number of hydrogen-bond donors (Lipinski definition) is 2. The Morgan fingerprint density at radius 3 is 2.24 bits per heavy atom. The van der Waals surface area contributed by atoms with Gasteiger partial charge in [0.1, 0.15) is 11.5 Å². The summed E-state index contributed by atoms with van der Waals surface area (Å²) >= 11 is 6.10. The van der Waals surface area contributed by atoms with Crippen molar-refractivity contribution in [3.63, 3.8) is 0 Å². The fraction of sp³-hybridized carbons (Fsp3) is 0.0435. The first kappa shape index (κ1) is 18.8. The molecule has 6 heteroatoms. The SMILES string of the molecule is O=C1C(=O)N(c2cccc(Cl)c2)C(c2ccc(O)cc2)C1=C(O)c1ccccc1. The van der Waals surface area contributed by atoms with Gasteiger partial charge in [-0.05, 0) is 35.9 Å². The van der Waals surface area contributed by atoms with Gasteiger partial charge in [0.25, 0.3) is 11.7 Å². The third-order valence-electron chi connectivity index (χ3n) is 4.79. The van der Waals surface area contributed by atoms with Gasteiger partial charge >= 0.3 is 0 Å². The minimum absolute atomic E-state index is 0.0214. The van der Waals surface area contributed by atoms with Gasteiger partial charge in [-0.15, -0.1) is 0 Å². The Hall–Kier alpha value is -3.57. The van der Waals surface area contributed by atoms with E-state index in [0.717, 1.165) is 0 Å². The number of aliphatic hydroxyl groups is 1. The van der Waals surface area contributed by atoms with Crippen molar-refractivity contribution in [2.45, 2.75) is 6.04 Å². The van der Waals surface area contributed by atoms with E-state index in [1.54, 1.807) is 66.7 Å². The van der Waals surface area contributed by atoms with Crippen LogP contribution in [0.15, 0.2) is 84.4 Å². The maximum Gasteiger partial charge on any atom is 0.300 e. The third kappa shape index (κ3) is 3.37. The van der Waals surface area contributed by atoms with Crippen LogP contribution in [0, 0.1) is 0 Å². The number of phenolic OH excluding ortho intramolecular Hbond substituents is 1. The molecule has 1 heterocycles. The number of aliphatic hydroxyl groups excluding tert-OH is 1. The topological polar surface area (TPSA) is 77.8 Å². The van der Waals surface area contributed by atoms with Crippen LogP contribution in [0.3, 0.4) is 0 Å². The smallest absolute Gasteiger partial charge is 0.300 e. The number of aromatic hydroxyl groups is 1. The molecule has 5 nitrogen and oxygen atoms in total. The molecular formula is C23H16ClNO4. The molecule has 0 saturated carbocycles. The number of nitrogens with zero attached hydrogens (tertiary/aromatic N) is 1. The lowest BCUT2D eigenvalue weighted by Crippen LogP contribution is -2.29. The zero-order valence-corrected chi connectivity index (χ0v) is 15.9. The Kier molecular flexibility index (Phi) is 4.82. The van der Waals surface area contributed by atoms with Crippen molar-refractivity contribution in [2.24, 2.45) is 0 Å². The van der Waals surface area contributed by atoms with Gasteiger partial charge in [-0.25, -0.2) is 0 Å². The molecule has 0 aromatic heterocycles. The first-order chi connectivity index (χ1) is 14.0. The third-order valence-corrected chi connectivity index (χ3v) is 5.02. The van der Waals surface area contributed by atoms with Crippen LogP contribution in [0.2, 0.25) is 5.02 Å². The van der Waals surface area contributed by atoms with E-state index in [1.165, 1.54) is 17.0 Å². The summed E-state index contributed by atoms with van der Waals surface area (Å²) in [6.45, 7) is 0. The van der Waals surface area contributed by atoms with E-state index in [9.17, 15) is 19.8 Å². The molecule has 2 N–H and O–H groups in total. The average molecular weight is 406 g/mol. The Morgan fingerprint density at radius 1 is 0.897 bits per heavy atom. The quantitative estimate of drug-likeness (QED) is 0.377. The summed E-state index contributed by atoms with van der Waals surface area (Å²) in [7, 11) is 0. The molecule has 4 rings (SSSR count). The van der Waals surface area contributed by atoms with Crippen molar-refractivity contribution in [1.29, 1.82) is 0 Å². The summed E-state index contributed by atoms with van der Waals surface area (Å²) < 4.78 is 0. The second-order valence-electron chi connectivity index (χ2n) is 6.61. The standard InChI is InChI=1S/C23H16ClNO4/c24-16-7-4-8-17(13-16)25-20(14-9-11-18(26)12-10-14)19(22(28)23(25)29)21(27)15-5-2-1-3-6-15/h1-13,20,26-27H. The van der Waals surface area contributed by atoms with E-state index in [4.69, 9.17) is 11.6 Å². The normalized spacial score (nSPS) is 18.2. The zero-order valence-electron chi connectivity index (χ0n) is 15.1. The Labute approximate surface area is 172 Å². The highest BCUT2D eigenvalue weighted by Gasteiger charge is 2.46. The number of rotatable bonds is 3. The summed E-state index contributed by atoms with van der Waals surface area (Å²) in [6.07, 6.45) is 0. The molecule has 0 bridgehead atoms. The molecule has 3 aromatic rings. The van der Waals surface area contributed by atoms with Crippen LogP contribution in [0.25, 0.3) is 5.76 Å². The fourth-order valence-corrected chi connectivity index (χ4v) is 3.63. The summed E-state index contributed by atoms with van der Waals surface area (Å²) in [5.41, 5.74) is 1.41. The van der Waals surface area contributed by atoms with E-state index in [0.29, 0.717) is 21.8 Å². The van der Waals surface area contributed by atoms with Crippen molar-refractivity contribution in [3.05, 3.63) is 101 Å². The first-order valence-corrected chi connectivity index (χ1v) is 9.26. The largest absolute Gasteiger partial charge is 0.508 e. The predicted molar refractivity (Wildman–Crippen MR) is 111 cm³/mol. The van der Waals surface area contributed by atoms with Gasteiger partial charge in [0, 0.05) is 16.3 Å². The van der Waals surface area contributed by atoms with Gasteiger partial charge in [0.2, 0.25) is 0 Å². The second kappa shape index (κ2) is 7.45. The Morgan fingerprint density at radius 2 is 1.59 bits per heavy atom. The molecule has 1 unspecified atom stereocenters. The average Bonchev–Trinajstić information content (AvgIpc) is 2.99. The molecule has 1 saturated heterocycles. The molecule has 1 aliphatic rings. The number of phenols is 1. The van der Waals surface area contributed by atoms with E-state index >= 15 is 0 Å². The molecule has 1 amide bonds. The van der Waals surface area contributed by atoms with Crippen LogP contribution in [0.1, 0.15) is 17.2 Å². The Bertz CT molecular complexity index is 1120. The Balaban J connectivity index is 1.96. The van der Waals surface area contributed by atoms with E-state index in [1.807, 2.05) is 0 Å². The monoisotopic (exact) mass is 405 g/mol. The molecule has 1 aliphatic heterocycles. The van der Waals surface area contributed by atoms with Crippen molar-refractivity contribution in [1.82, 2.24) is 0 Å². The van der Waals surface area contributed by atoms with Gasteiger partial charge in [0.15, 0.2) is 0 Å². The fourth-order valence-electron chi connectivity index (χ4n) is 3.45. The van der Waals surface area contributed by atoms with Gasteiger partial charge < -0.3 is 10.2 Å². The lowest BCUT2D eigenvalue weighted by molar-refractivity contribution is -0.132. The highest BCUT2D eigenvalue weighted by atomic mass is 35.5. The molecule has 0 radical (unpaired) electrons. The molecule has 0 aliphatic carbocycles. The number of carbonyl (C=O) groups is 2. The van der Waals surface area contributed by atoms with E-state index < -0.39 is 17.7 Å². The number of amides is 1. The molecule has 1 atom stereocenters. The first-order valence-electron chi connectivity index (χ1n) is 8.88. The number of benzene rings is 3. The van der Waals surface area contributed by atoms with Crippen molar-refractivity contribution < 1.29 is 19.8 Å². The number of halogens is 1. The maximum atomic E-state index is 13.0. The summed E-state index contributed by atoms with van der Waals surface area (Å²) in [6, 6.07) is 20.5. The maximum absolute atomic E-state index is 13.0. The molecule has 0 spiro atoms. The molecular weight excluding hydrogens is 390 g/mol. The molecule has 3 aromatic carbocycles. The number of anilines is 1. The predicted octanol–water partition coefficient (Wildman–Crippen LogP) is 4.67. The number of carbonyl (C=O) groups excluding carboxylic acids is 2. The summed E-state index contributed by atoms with van der Waals surface area (Å²) in [5, 5.41) is 21.0. The summed E-state index contributed by atoms with van der Waals surface area (Å²) in [4.78, 5) is 27.2. The van der Waals surface area contributed by atoms with Crippen molar-refractivity contribution >= 4 is 34.7 Å².